The van der Waals surface area contributed by atoms with Crippen LogP contribution in [0.3, 0.4) is 0 Å². The molecular formula is C15H21N3S. The zero-order valence-electron chi connectivity index (χ0n) is 11.6. The first-order chi connectivity index (χ1) is 9.31. The normalized spacial score (nSPS) is 10.9. The Labute approximate surface area is 119 Å². The summed E-state index contributed by atoms with van der Waals surface area (Å²) in [5.41, 5.74) is 1.31. The van der Waals surface area contributed by atoms with Crippen molar-refractivity contribution < 1.29 is 0 Å². The van der Waals surface area contributed by atoms with Crippen LogP contribution in [-0.2, 0) is 13.1 Å². The molecule has 0 aromatic carbocycles. The van der Waals surface area contributed by atoms with Gasteiger partial charge in [-0.05, 0) is 42.6 Å². The van der Waals surface area contributed by atoms with Gasteiger partial charge in [-0.15, -0.1) is 11.3 Å². The molecule has 2 rings (SSSR count). The Morgan fingerprint density at radius 1 is 1.26 bits per heavy atom. The number of rotatable bonds is 7. The summed E-state index contributed by atoms with van der Waals surface area (Å²) in [6.45, 7) is 8.24. The van der Waals surface area contributed by atoms with E-state index in [0.717, 1.165) is 32.0 Å². The number of aromatic nitrogens is 1. The average molecular weight is 275 g/mol. The fourth-order valence-corrected chi connectivity index (χ4v) is 2.76. The molecule has 3 nitrogen and oxygen atoms in total. The molecule has 0 saturated carbocycles. The first-order valence-corrected chi connectivity index (χ1v) is 7.63. The van der Waals surface area contributed by atoms with Crippen molar-refractivity contribution in [1.29, 1.82) is 0 Å². The Kier molecular flexibility index (Phi) is 5.36. The molecule has 0 saturated heterocycles. The molecular weight excluding hydrogens is 254 g/mol. The molecule has 0 spiro atoms. The number of nitrogens with one attached hydrogen (secondary N) is 1. The van der Waals surface area contributed by atoms with Gasteiger partial charge in [0, 0.05) is 30.7 Å². The Morgan fingerprint density at radius 2 is 2.16 bits per heavy atom. The van der Waals surface area contributed by atoms with Crippen molar-refractivity contribution in [2.75, 3.05) is 18.4 Å². The Bertz CT molecular complexity index is 482. The second-order valence-electron chi connectivity index (χ2n) is 4.46. The summed E-state index contributed by atoms with van der Waals surface area (Å²) in [5.74, 6) is 0.965. The van der Waals surface area contributed by atoms with Gasteiger partial charge in [0.15, 0.2) is 0 Å². The number of anilines is 1. The SMILES string of the molecule is CCNc1cc(CN(CC)Cc2cccs2)ccn1. The molecule has 2 aromatic rings. The molecule has 2 aromatic heterocycles. The Balaban J connectivity index is 1.99. The van der Waals surface area contributed by atoms with Crippen molar-refractivity contribution in [3.63, 3.8) is 0 Å². The maximum absolute atomic E-state index is 4.31. The van der Waals surface area contributed by atoms with Crippen LogP contribution in [-0.4, -0.2) is 23.0 Å². The van der Waals surface area contributed by atoms with Crippen LogP contribution in [0.4, 0.5) is 5.82 Å². The second-order valence-corrected chi connectivity index (χ2v) is 5.49. The summed E-state index contributed by atoms with van der Waals surface area (Å²) in [7, 11) is 0. The zero-order valence-corrected chi connectivity index (χ0v) is 12.4. The van der Waals surface area contributed by atoms with E-state index >= 15 is 0 Å². The number of hydrogen-bond acceptors (Lipinski definition) is 4. The van der Waals surface area contributed by atoms with Crippen molar-refractivity contribution >= 4 is 17.2 Å². The van der Waals surface area contributed by atoms with Crippen molar-refractivity contribution in [2.45, 2.75) is 26.9 Å². The third kappa shape index (κ3) is 4.33. The number of hydrogen-bond donors (Lipinski definition) is 1. The molecule has 0 radical (unpaired) electrons. The van der Waals surface area contributed by atoms with Crippen LogP contribution in [0.25, 0.3) is 0 Å². The molecule has 1 N–H and O–H groups in total. The fraction of sp³-hybridized carbons (Fsp3) is 0.400. The third-order valence-electron chi connectivity index (χ3n) is 3.00. The van der Waals surface area contributed by atoms with Crippen LogP contribution >= 0.6 is 11.3 Å². The zero-order chi connectivity index (χ0) is 13.5. The predicted molar refractivity (Wildman–Crippen MR) is 82.5 cm³/mol. The minimum Gasteiger partial charge on any atom is -0.370 e. The fourth-order valence-electron chi connectivity index (χ4n) is 2.01. The molecule has 0 fully saturated rings. The molecule has 2 heterocycles. The topological polar surface area (TPSA) is 28.2 Å². The van der Waals surface area contributed by atoms with Gasteiger partial charge in [-0.25, -0.2) is 4.98 Å². The minimum absolute atomic E-state index is 0.906. The summed E-state index contributed by atoms with van der Waals surface area (Å²) in [6, 6.07) is 8.55. The third-order valence-corrected chi connectivity index (χ3v) is 3.86. The maximum atomic E-state index is 4.31. The van der Waals surface area contributed by atoms with Gasteiger partial charge in [0.2, 0.25) is 0 Å². The van der Waals surface area contributed by atoms with E-state index in [1.807, 2.05) is 17.5 Å². The smallest absolute Gasteiger partial charge is 0.126 e. The lowest BCUT2D eigenvalue weighted by Crippen LogP contribution is -2.21. The number of nitrogens with zero attached hydrogens (tertiary/aromatic N) is 2. The molecule has 0 bridgehead atoms. The first-order valence-electron chi connectivity index (χ1n) is 6.75. The highest BCUT2D eigenvalue weighted by molar-refractivity contribution is 7.09. The van der Waals surface area contributed by atoms with Crippen LogP contribution in [0.2, 0.25) is 0 Å². The van der Waals surface area contributed by atoms with E-state index in [4.69, 9.17) is 0 Å². The van der Waals surface area contributed by atoms with E-state index in [0.29, 0.717) is 0 Å². The van der Waals surface area contributed by atoms with Crippen molar-refractivity contribution in [3.05, 3.63) is 46.3 Å². The van der Waals surface area contributed by atoms with Crippen LogP contribution in [0.5, 0.6) is 0 Å². The number of thiophene rings is 1. The van der Waals surface area contributed by atoms with Crippen LogP contribution in [0, 0.1) is 0 Å². The van der Waals surface area contributed by atoms with Gasteiger partial charge >= 0.3 is 0 Å². The van der Waals surface area contributed by atoms with Gasteiger partial charge in [0.05, 0.1) is 0 Å². The lowest BCUT2D eigenvalue weighted by Gasteiger charge is -2.20. The van der Waals surface area contributed by atoms with Crippen LogP contribution in [0.1, 0.15) is 24.3 Å². The van der Waals surface area contributed by atoms with E-state index in [-0.39, 0.29) is 0 Å². The predicted octanol–water partition coefficient (Wildman–Crippen LogP) is 3.60. The molecule has 0 unspecified atom stereocenters. The summed E-state index contributed by atoms with van der Waals surface area (Å²) >= 11 is 1.82. The van der Waals surface area contributed by atoms with Gasteiger partial charge < -0.3 is 5.32 Å². The van der Waals surface area contributed by atoms with Crippen molar-refractivity contribution in [3.8, 4) is 0 Å². The Hall–Kier alpha value is -1.39. The average Bonchev–Trinajstić information content (AvgIpc) is 2.92. The van der Waals surface area contributed by atoms with Crippen molar-refractivity contribution in [2.24, 2.45) is 0 Å². The number of pyridine rings is 1. The van der Waals surface area contributed by atoms with Gasteiger partial charge in [-0.3, -0.25) is 4.90 Å². The van der Waals surface area contributed by atoms with Gasteiger partial charge in [-0.1, -0.05) is 13.0 Å². The second kappa shape index (κ2) is 7.26. The summed E-state index contributed by atoms with van der Waals surface area (Å²) in [5, 5.41) is 5.39. The molecule has 0 aliphatic rings. The summed E-state index contributed by atoms with van der Waals surface area (Å²) < 4.78 is 0. The standard InChI is InChI=1S/C15H21N3S/c1-3-16-15-10-13(7-8-17-15)11-18(4-2)12-14-6-5-9-19-14/h5-10H,3-4,11-12H2,1-2H3,(H,16,17). The van der Waals surface area contributed by atoms with E-state index in [9.17, 15) is 0 Å². The molecule has 0 amide bonds. The molecule has 4 heteroatoms. The Morgan fingerprint density at radius 3 is 2.84 bits per heavy atom. The molecule has 0 atom stereocenters. The van der Waals surface area contributed by atoms with Gasteiger partial charge in [0.1, 0.15) is 5.82 Å². The monoisotopic (exact) mass is 275 g/mol. The highest BCUT2D eigenvalue weighted by Crippen LogP contribution is 2.15. The molecule has 0 aliphatic carbocycles. The largest absolute Gasteiger partial charge is 0.370 e. The quantitative estimate of drug-likeness (QED) is 0.837. The molecule has 0 aliphatic heterocycles. The molecule has 102 valence electrons. The van der Waals surface area contributed by atoms with E-state index in [1.54, 1.807) is 0 Å². The highest BCUT2D eigenvalue weighted by Gasteiger charge is 2.06. The first kappa shape index (κ1) is 14.0. The molecule has 19 heavy (non-hydrogen) atoms. The van der Waals surface area contributed by atoms with Gasteiger partial charge in [-0.2, -0.15) is 0 Å². The van der Waals surface area contributed by atoms with Gasteiger partial charge in [0.25, 0.3) is 0 Å². The van der Waals surface area contributed by atoms with E-state index in [1.165, 1.54) is 10.4 Å². The van der Waals surface area contributed by atoms with E-state index in [2.05, 4.69) is 58.7 Å². The van der Waals surface area contributed by atoms with Crippen LogP contribution in [0.15, 0.2) is 35.8 Å². The lowest BCUT2D eigenvalue weighted by atomic mass is 10.2. The summed E-state index contributed by atoms with van der Waals surface area (Å²) in [4.78, 5) is 8.17. The minimum atomic E-state index is 0.906. The van der Waals surface area contributed by atoms with E-state index < -0.39 is 0 Å². The van der Waals surface area contributed by atoms with Crippen LogP contribution < -0.4 is 5.32 Å². The highest BCUT2D eigenvalue weighted by atomic mass is 32.1. The lowest BCUT2D eigenvalue weighted by molar-refractivity contribution is 0.274. The van der Waals surface area contributed by atoms with Crippen molar-refractivity contribution in [1.82, 2.24) is 9.88 Å². The maximum Gasteiger partial charge on any atom is 0.126 e. The summed E-state index contributed by atoms with van der Waals surface area (Å²) in [6.07, 6.45) is 1.88.